The van der Waals surface area contributed by atoms with Gasteiger partial charge >= 0.3 is 0 Å². The third-order valence-corrected chi connectivity index (χ3v) is 6.27. The molecule has 3 rings (SSSR count). The molecule has 1 aliphatic heterocycles. The molecule has 0 radical (unpaired) electrons. The van der Waals surface area contributed by atoms with Gasteiger partial charge in [-0.1, -0.05) is 23.4 Å². The minimum atomic E-state index is -0.226. The summed E-state index contributed by atoms with van der Waals surface area (Å²) in [6.07, 6.45) is 3.00. The molecule has 2 heterocycles. The molecule has 0 unspecified atom stereocenters. The maximum atomic E-state index is 13.2. The molecule has 0 atom stereocenters. The molecular weight excluding hydrogens is 414 g/mol. The number of aliphatic imine (C=N–C) groups is 1. The topological polar surface area (TPSA) is 65.7 Å². The Morgan fingerprint density at radius 3 is 2.93 bits per heavy atom. The van der Waals surface area contributed by atoms with Crippen LogP contribution in [0.15, 0.2) is 40.3 Å². The standard InChI is InChI=1S/C20H18ClN3O2S2/c1-13-7-10-27-18(13)12-15-19(25)24(20(23-15)28-9-4-3-8-22)16-11-14(21)5-6-17(16)26-2/h5-7,10-12H,3-4,9H2,1-2H3/b15-12+. The summed E-state index contributed by atoms with van der Waals surface area (Å²) < 4.78 is 5.44. The number of amidine groups is 1. The third-order valence-electron chi connectivity index (χ3n) is 4.04. The van der Waals surface area contributed by atoms with Crippen molar-refractivity contribution in [3.8, 4) is 11.8 Å². The number of hydrogen-bond acceptors (Lipinski definition) is 6. The SMILES string of the molecule is COc1ccc(Cl)cc1N1C(=O)/C(=C\c2sccc2C)N=C1SCCCC#N. The molecule has 1 aromatic carbocycles. The summed E-state index contributed by atoms with van der Waals surface area (Å²) in [5.74, 6) is 0.998. The first-order valence-corrected chi connectivity index (χ1v) is 10.8. The zero-order valence-corrected chi connectivity index (χ0v) is 17.8. The van der Waals surface area contributed by atoms with Gasteiger partial charge in [-0.15, -0.1) is 11.3 Å². The van der Waals surface area contributed by atoms with Gasteiger partial charge in [0.05, 0.1) is 18.9 Å². The van der Waals surface area contributed by atoms with Gasteiger partial charge in [0.2, 0.25) is 0 Å². The van der Waals surface area contributed by atoms with E-state index in [1.165, 1.54) is 16.7 Å². The maximum absolute atomic E-state index is 13.2. The average molecular weight is 432 g/mol. The number of methoxy groups -OCH3 is 1. The van der Waals surface area contributed by atoms with Gasteiger partial charge in [-0.2, -0.15) is 5.26 Å². The molecule has 28 heavy (non-hydrogen) atoms. The fourth-order valence-corrected chi connectivity index (χ4v) is 4.58. The monoisotopic (exact) mass is 431 g/mol. The van der Waals surface area contributed by atoms with Crippen LogP contribution in [-0.4, -0.2) is 23.9 Å². The summed E-state index contributed by atoms with van der Waals surface area (Å²) in [7, 11) is 1.55. The number of ether oxygens (including phenoxy) is 1. The molecule has 1 amide bonds. The van der Waals surface area contributed by atoms with Crippen molar-refractivity contribution in [2.45, 2.75) is 19.8 Å². The van der Waals surface area contributed by atoms with Crippen molar-refractivity contribution in [3.63, 3.8) is 0 Å². The Bertz CT molecular complexity index is 992. The van der Waals surface area contributed by atoms with Crippen LogP contribution in [0.1, 0.15) is 23.3 Å². The molecule has 0 spiro atoms. The zero-order chi connectivity index (χ0) is 20.1. The first-order chi connectivity index (χ1) is 13.5. The number of hydrogen-bond donors (Lipinski definition) is 0. The van der Waals surface area contributed by atoms with Crippen LogP contribution < -0.4 is 9.64 Å². The van der Waals surface area contributed by atoms with E-state index in [-0.39, 0.29) is 5.91 Å². The first kappa shape index (κ1) is 20.5. The highest BCUT2D eigenvalue weighted by Crippen LogP contribution is 2.37. The predicted molar refractivity (Wildman–Crippen MR) is 117 cm³/mol. The fraction of sp³-hybridized carbons (Fsp3) is 0.250. The molecule has 1 aliphatic rings. The minimum Gasteiger partial charge on any atom is -0.495 e. The number of aryl methyl sites for hydroxylation is 1. The van der Waals surface area contributed by atoms with Crippen LogP contribution >= 0.6 is 34.7 Å². The second kappa shape index (κ2) is 9.28. The molecule has 0 N–H and O–H groups in total. The highest BCUT2D eigenvalue weighted by Gasteiger charge is 2.34. The number of halogens is 1. The quantitative estimate of drug-likeness (QED) is 0.447. The average Bonchev–Trinajstić information content (AvgIpc) is 3.22. The maximum Gasteiger partial charge on any atom is 0.283 e. The van der Waals surface area contributed by atoms with E-state index in [2.05, 4.69) is 11.1 Å². The summed E-state index contributed by atoms with van der Waals surface area (Å²) in [5.41, 5.74) is 2.02. The number of thioether (sulfide) groups is 1. The molecule has 5 nitrogen and oxygen atoms in total. The van der Waals surface area contributed by atoms with Gasteiger partial charge in [0.25, 0.3) is 5.91 Å². The summed E-state index contributed by atoms with van der Waals surface area (Å²) in [6.45, 7) is 2.00. The highest BCUT2D eigenvalue weighted by molar-refractivity contribution is 8.14. The molecule has 2 aromatic rings. The number of rotatable bonds is 6. The number of carbonyl (C=O) groups is 1. The van der Waals surface area contributed by atoms with Crippen LogP contribution in [0.25, 0.3) is 6.08 Å². The van der Waals surface area contributed by atoms with Crippen LogP contribution in [-0.2, 0) is 4.79 Å². The van der Waals surface area contributed by atoms with Crippen LogP contribution in [0.5, 0.6) is 5.75 Å². The Morgan fingerprint density at radius 2 is 2.25 bits per heavy atom. The lowest BCUT2D eigenvalue weighted by Crippen LogP contribution is -2.30. The molecule has 0 fully saturated rings. The molecule has 0 saturated carbocycles. The van der Waals surface area contributed by atoms with E-state index in [0.29, 0.717) is 39.5 Å². The molecular formula is C20H18ClN3O2S2. The van der Waals surface area contributed by atoms with Crippen LogP contribution in [0.3, 0.4) is 0 Å². The van der Waals surface area contributed by atoms with Gasteiger partial charge in [-0.25, -0.2) is 9.89 Å². The summed E-state index contributed by atoms with van der Waals surface area (Å²) >= 11 is 9.19. The van der Waals surface area contributed by atoms with Crippen molar-refractivity contribution in [1.82, 2.24) is 0 Å². The smallest absolute Gasteiger partial charge is 0.283 e. The van der Waals surface area contributed by atoms with Crippen molar-refractivity contribution in [1.29, 1.82) is 5.26 Å². The van der Waals surface area contributed by atoms with Crippen LogP contribution in [0, 0.1) is 18.3 Å². The number of unbranched alkanes of at least 4 members (excludes halogenated alkanes) is 1. The summed E-state index contributed by atoms with van der Waals surface area (Å²) in [6, 6.07) is 9.29. The Morgan fingerprint density at radius 1 is 1.43 bits per heavy atom. The van der Waals surface area contributed by atoms with Gasteiger partial charge in [0.1, 0.15) is 11.4 Å². The Kier molecular flexibility index (Phi) is 6.79. The van der Waals surface area contributed by atoms with Crippen molar-refractivity contribution >= 4 is 57.5 Å². The van der Waals surface area contributed by atoms with Gasteiger partial charge in [-0.05, 0) is 54.6 Å². The van der Waals surface area contributed by atoms with E-state index >= 15 is 0 Å². The number of carbonyl (C=O) groups excluding carboxylic acids is 1. The molecule has 0 saturated heterocycles. The van der Waals surface area contributed by atoms with Crippen molar-refractivity contribution in [3.05, 3.63) is 50.8 Å². The Balaban J connectivity index is 1.99. The van der Waals surface area contributed by atoms with Crippen molar-refractivity contribution in [2.75, 3.05) is 17.8 Å². The predicted octanol–water partition coefficient (Wildman–Crippen LogP) is 5.50. The van der Waals surface area contributed by atoms with E-state index in [4.69, 9.17) is 21.6 Å². The Hall–Kier alpha value is -2.27. The van der Waals surface area contributed by atoms with Crippen LogP contribution in [0.2, 0.25) is 5.02 Å². The van der Waals surface area contributed by atoms with E-state index < -0.39 is 0 Å². The normalized spacial score (nSPS) is 15.1. The number of nitriles is 1. The number of nitrogens with zero attached hydrogens (tertiary/aromatic N) is 3. The molecule has 8 heteroatoms. The van der Waals surface area contributed by atoms with E-state index in [1.54, 1.807) is 36.6 Å². The molecule has 0 bridgehead atoms. The minimum absolute atomic E-state index is 0.226. The second-order valence-corrected chi connectivity index (χ2v) is 8.40. The second-order valence-electron chi connectivity index (χ2n) is 5.96. The van der Waals surface area contributed by atoms with E-state index in [0.717, 1.165) is 16.9 Å². The van der Waals surface area contributed by atoms with Crippen molar-refractivity contribution < 1.29 is 9.53 Å². The third kappa shape index (κ3) is 4.41. The molecule has 144 valence electrons. The lowest BCUT2D eigenvalue weighted by molar-refractivity contribution is -0.113. The lowest BCUT2D eigenvalue weighted by atomic mass is 10.2. The molecule has 0 aliphatic carbocycles. The van der Waals surface area contributed by atoms with Gasteiger partial charge in [0.15, 0.2) is 5.17 Å². The number of amides is 1. The summed E-state index contributed by atoms with van der Waals surface area (Å²) in [4.78, 5) is 20.3. The number of anilines is 1. The fourth-order valence-electron chi connectivity index (χ4n) is 2.61. The van der Waals surface area contributed by atoms with Gasteiger partial charge < -0.3 is 4.74 Å². The largest absolute Gasteiger partial charge is 0.495 e. The van der Waals surface area contributed by atoms with Gasteiger partial charge in [0, 0.05) is 22.1 Å². The highest BCUT2D eigenvalue weighted by atomic mass is 35.5. The lowest BCUT2D eigenvalue weighted by Gasteiger charge is -2.20. The first-order valence-electron chi connectivity index (χ1n) is 8.57. The van der Waals surface area contributed by atoms with E-state index in [1.807, 2.05) is 24.4 Å². The summed E-state index contributed by atoms with van der Waals surface area (Å²) in [5, 5.41) is 11.8. The van der Waals surface area contributed by atoms with Crippen molar-refractivity contribution in [2.24, 2.45) is 4.99 Å². The molecule has 1 aromatic heterocycles. The van der Waals surface area contributed by atoms with E-state index in [9.17, 15) is 4.79 Å². The zero-order valence-electron chi connectivity index (χ0n) is 15.4. The number of thiophene rings is 1. The van der Waals surface area contributed by atoms with Crippen LogP contribution in [0.4, 0.5) is 5.69 Å². The van der Waals surface area contributed by atoms with Gasteiger partial charge in [-0.3, -0.25) is 4.79 Å². The number of benzene rings is 1. The Labute approximate surface area is 177 Å².